The first-order chi connectivity index (χ1) is 9.23. The van der Waals surface area contributed by atoms with Crippen LogP contribution >= 0.6 is 11.8 Å². The fourth-order valence-corrected chi connectivity index (χ4v) is 2.07. The van der Waals surface area contributed by atoms with E-state index in [0.717, 1.165) is 0 Å². The average Bonchev–Trinajstić information content (AvgIpc) is 2.34. The maximum Gasteiger partial charge on any atom is 0.313 e. The van der Waals surface area contributed by atoms with Crippen LogP contribution in [0.5, 0.6) is 0 Å². The van der Waals surface area contributed by atoms with Crippen LogP contribution in [-0.4, -0.2) is 31.6 Å². The Kier molecular flexibility index (Phi) is 4.53. The largest absolute Gasteiger partial charge is 0.481 e. The van der Waals surface area contributed by atoms with Crippen LogP contribution in [0, 0.1) is 30.3 Å². The van der Waals surface area contributed by atoms with Gasteiger partial charge in [0.05, 0.1) is 32.7 Å². The Morgan fingerprint density at radius 2 is 1.50 bits per heavy atom. The van der Waals surface area contributed by atoms with Crippen molar-refractivity contribution in [3.8, 4) is 0 Å². The van der Waals surface area contributed by atoms with E-state index in [2.05, 4.69) is 0 Å². The third kappa shape index (κ3) is 3.38. The van der Waals surface area contributed by atoms with Crippen molar-refractivity contribution in [3.63, 3.8) is 0 Å². The zero-order valence-corrected chi connectivity index (χ0v) is 10.2. The molecule has 0 aliphatic carbocycles. The summed E-state index contributed by atoms with van der Waals surface area (Å²) in [5.74, 6) is -1.99. The summed E-state index contributed by atoms with van der Waals surface area (Å²) in [5, 5.41) is 40.7. The molecule has 1 aromatic rings. The highest BCUT2D eigenvalue weighted by molar-refractivity contribution is 8.00. The van der Waals surface area contributed by atoms with Crippen molar-refractivity contribution in [1.29, 1.82) is 0 Å². The van der Waals surface area contributed by atoms with E-state index < -0.39 is 48.4 Å². The maximum atomic E-state index is 10.8. The molecule has 0 fully saturated rings. The quantitative estimate of drug-likeness (QED) is 0.466. The number of hydrogen-bond acceptors (Lipinski definition) is 8. The summed E-state index contributed by atoms with van der Waals surface area (Å²) in [5.41, 5.74) is -2.57. The van der Waals surface area contributed by atoms with E-state index in [1.807, 2.05) is 0 Å². The van der Waals surface area contributed by atoms with Crippen LogP contribution in [0.2, 0.25) is 0 Å². The molecule has 11 nitrogen and oxygen atoms in total. The molecule has 0 aliphatic heterocycles. The first kappa shape index (κ1) is 15.3. The predicted molar refractivity (Wildman–Crippen MR) is 64.8 cm³/mol. The Morgan fingerprint density at radius 3 is 1.80 bits per heavy atom. The van der Waals surface area contributed by atoms with Gasteiger partial charge in [0.15, 0.2) is 4.90 Å². The predicted octanol–water partition coefficient (Wildman–Crippen LogP) is 1.59. The maximum absolute atomic E-state index is 10.8. The number of non-ortho nitro benzene ring substituents is 1. The SMILES string of the molecule is O=C(O)CSc1c([N+](=O)[O-])cc([N+](=O)[O-])cc1[N+](=O)[O-]. The molecule has 0 aromatic heterocycles. The molecule has 0 amide bonds. The van der Waals surface area contributed by atoms with Crippen molar-refractivity contribution < 1.29 is 24.7 Å². The molecule has 0 heterocycles. The van der Waals surface area contributed by atoms with Crippen LogP contribution in [-0.2, 0) is 4.79 Å². The minimum Gasteiger partial charge on any atom is -0.481 e. The van der Waals surface area contributed by atoms with E-state index in [9.17, 15) is 35.1 Å². The van der Waals surface area contributed by atoms with Gasteiger partial charge in [0, 0.05) is 0 Å². The summed E-state index contributed by atoms with van der Waals surface area (Å²) in [4.78, 5) is 39.0. The number of carboxylic acid groups (broad SMARTS) is 1. The Balaban J connectivity index is 3.50. The molecule has 0 saturated carbocycles. The van der Waals surface area contributed by atoms with Gasteiger partial charge in [-0.25, -0.2) is 0 Å². The second-order valence-corrected chi connectivity index (χ2v) is 4.25. The molecule has 106 valence electrons. The standard InChI is InChI=1S/C8H5N3O8S/c12-7(13)3-20-8-5(10(16)17)1-4(9(14)15)2-6(8)11(18)19/h1-2H,3H2,(H,12,13). The number of aliphatic carboxylic acids is 1. The number of thioether (sulfide) groups is 1. The van der Waals surface area contributed by atoms with Crippen molar-refractivity contribution >= 4 is 34.8 Å². The van der Waals surface area contributed by atoms with Gasteiger partial charge in [-0.1, -0.05) is 0 Å². The van der Waals surface area contributed by atoms with Crippen molar-refractivity contribution in [2.75, 3.05) is 5.75 Å². The minimum atomic E-state index is -1.34. The average molecular weight is 303 g/mol. The zero-order valence-electron chi connectivity index (χ0n) is 9.42. The van der Waals surface area contributed by atoms with Crippen LogP contribution in [0.15, 0.2) is 17.0 Å². The molecule has 0 spiro atoms. The topological polar surface area (TPSA) is 167 Å². The third-order valence-electron chi connectivity index (χ3n) is 1.98. The molecule has 0 atom stereocenters. The molecule has 0 aliphatic rings. The summed E-state index contributed by atoms with van der Waals surface area (Å²) >= 11 is 0.353. The minimum absolute atomic E-state index is 0.353. The van der Waals surface area contributed by atoms with E-state index in [4.69, 9.17) is 5.11 Å². The van der Waals surface area contributed by atoms with E-state index in [1.54, 1.807) is 0 Å². The van der Waals surface area contributed by atoms with E-state index in [-0.39, 0.29) is 0 Å². The van der Waals surface area contributed by atoms with Crippen molar-refractivity contribution in [2.24, 2.45) is 0 Å². The Labute approximate surface area is 113 Å². The highest BCUT2D eigenvalue weighted by Gasteiger charge is 2.31. The van der Waals surface area contributed by atoms with Gasteiger partial charge >= 0.3 is 5.97 Å². The lowest BCUT2D eigenvalue weighted by Crippen LogP contribution is -2.03. The van der Waals surface area contributed by atoms with Gasteiger partial charge in [0.2, 0.25) is 0 Å². The third-order valence-corrected chi connectivity index (χ3v) is 3.08. The fraction of sp³-hybridized carbons (Fsp3) is 0.125. The van der Waals surface area contributed by atoms with Gasteiger partial charge in [0.25, 0.3) is 17.1 Å². The van der Waals surface area contributed by atoms with Gasteiger partial charge < -0.3 is 5.11 Å². The molecule has 0 unspecified atom stereocenters. The lowest BCUT2D eigenvalue weighted by atomic mass is 10.2. The van der Waals surface area contributed by atoms with Crippen molar-refractivity contribution in [1.82, 2.24) is 0 Å². The monoisotopic (exact) mass is 303 g/mol. The van der Waals surface area contributed by atoms with E-state index >= 15 is 0 Å². The molecular weight excluding hydrogens is 298 g/mol. The molecule has 1 rings (SSSR count). The molecule has 1 aromatic carbocycles. The summed E-state index contributed by atoms with van der Waals surface area (Å²) in [6.45, 7) is 0. The summed E-state index contributed by atoms with van der Waals surface area (Å²) < 4.78 is 0. The summed E-state index contributed by atoms with van der Waals surface area (Å²) in [6.07, 6.45) is 0. The first-order valence-electron chi connectivity index (χ1n) is 4.70. The first-order valence-corrected chi connectivity index (χ1v) is 5.68. The number of carboxylic acids is 1. The Hall–Kier alpha value is -2.76. The van der Waals surface area contributed by atoms with Crippen molar-refractivity contribution in [3.05, 3.63) is 42.5 Å². The number of benzene rings is 1. The molecule has 0 bridgehead atoms. The van der Waals surface area contributed by atoms with Crippen LogP contribution in [0.3, 0.4) is 0 Å². The fourth-order valence-electron chi connectivity index (χ4n) is 1.24. The van der Waals surface area contributed by atoms with E-state index in [0.29, 0.717) is 23.9 Å². The van der Waals surface area contributed by atoms with Gasteiger partial charge in [-0.2, -0.15) is 0 Å². The second-order valence-electron chi connectivity index (χ2n) is 3.27. The summed E-state index contributed by atoms with van der Waals surface area (Å²) in [7, 11) is 0. The number of nitro benzene ring substituents is 3. The molecule has 0 saturated heterocycles. The molecular formula is C8H5N3O8S. The smallest absolute Gasteiger partial charge is 0.313 e. The van der Waals surface area contributed by atoms with Crippen molar-refractivity contribution in [2.45, 2.75) is 4.90 Å². The molecule has 20 heavy (non-hydrogen) atoms. The molecule has 12 heteroatoms. The van der Waals surface area contributed by atoms with Crippen LogP contribution in [0.25, 0.3) is 0 Å². The highest BCUT2D eigenvalue weighted by Crippen LogP contribution is 2.40. The lowest BCUT2D eigenvalue weighted by molar-refractivity contribution is -0.407. The number of nitrogens with zero attached hydrogens (tertiary/aromatic N) is 3. The van der Waals surface area contributed by atoms with Gasteiger partial charge in [-0.05, 0) is 0 Å². The number of hydrogen-bond donors (Lipinski definition) is 1. The van der Waals surface area contributed by atoms with Crippen LogP contribution < -0.4 is 0 Å². The lowest BCUT2D eigenvalue weighted by Gasteiger charge is -2.02. The molecule has 1 N–H and O–H groups in total. The molecule has 0 radical (unpaired) electrons. The van der Waals surface area contributed by atoms with Crippen LogP contribution in [0.4, 0.5) is 17.1 Å². The van der Waals surface area contributed by atoms with E-state index in [1.165, 1.54) is 0 Å². The summed E-state index contributed by atoms with van der Waals surface area (Å²) in [6, 6.07) is 1.11. The Morgan fingerprint density at radius 1 is 1.05 bits per heavy atom. The Bertz CT molecular complexity index is 581. The van der Waals surface area contributed by atoms with Crippen LogP contribution in [0.1, 0.15) is 0 Å². The number of rotatable bonds is 6. The van der Waals surface area contributed by atoms with Gasteiger partial charge in [0.1, 0.15) is 0 Å². The zero-order chi connectivity index (χ0) is 15.4. The van der Waals surface area contributed by atoms with Gasteiger partial charge in [-0.15, -0.1) is 11.8 Å². The number of nitro groups is 3. The van der Waals surface area contributed by atoms with Gasteiger partial charge in [-0.3, -0.25) is 35.1 Å². The normalized spacial score (nSPS) is 10.0. The number of carbonyl (C=O) groups is 1. The second kappa shape index (κ2) is 5.92. The highest BCUT2D eigenvalue weighted by atomic mass is 32.2.